The molecule has 0 saturated heterocycles. The van der Waals surface area contributed by atoms with Gasteiger partial charge in [0, 0.05) is 4.88 Å². The third-order valence-corrected chi connectivity index (χ3v) is 3.99. The zero-order chi connectivity index (χ0) is 13.0. The summed E-state index contributed by atoms with van der Waals surface area (Å²) in [6.45, 7) is 7.63. The first kappa shape index (κ1) is 12.7. The maximum absolute atomic E-state index is 4.27. The van der Waals surface area contributed by atoms with E-state index in [2.05, 4.69) is 60.9 Å². The van der Waals surface area contributed by atoms with Crippen LogP contribution >= 0.6 is 11.3 Å². The van der Waals surface area contributed by atoms with Gasteiger partial charge in [-0.2, -0.15) is 0 Å². The minimum absolute atomic E-state index is 0.997. The van der Waals surface area contributed by atoms with E-state index in [9.17, 15) is 0 Å². The predicted molar refractivity (Wildman–Crippen MR) is 81.6 cm³/mol. The van der Waals surface area contributed by atoms with Crippen molar-refractivity contribution in [2.24, 2.45) is 9.98 Å². The highest BCUT2D eigenvalue weighted by molar-refractivity contribution is 7.19. The van der Waals surface area contributed by atoms with E-state index in [4.69, 9.17) is 0 Å². The van der Waals surface area contributed by atoms with Gasteiger partial charge in [0.25, 0.3) is 0 Å². The minimum atomic E-state index is 0.997. The number of aliphatic imine (C=N–C) groups is 2. The number of rotatable bonds is 4. The van der Waals surface area contributed by atoms with Gasteiger partial charge in [-0.15, -0.1) is 11.3 Å². The molecule has 0 aliphatic rings. The van der Waals surface area contributed by atoms with Crippen molar-refractivity contribution in [3.8, 4) is 10.4 Å². The Bertz CT molecular complexity index is 565. The predicted octanol–water partition coefficient (Wildman–Crippen LogP) is 4.65. The molecule has 0 saturated carbocycles. The fourth-order valence-electron chi connectivity index (χ4n) is 1.74. The molecule has 2 nitrogen and oxygen atoms in total. The largest absolute Gasteiger partial charge is 0.253 e. The third-order valence-electron chi connectivity index (χ3n) is 2.79. The van der Waals surface area contributed by atoms with Gasteiger partial charge in [-0.3, -0.25) is 4.99 Å². The average Bonchev–Trinajstić information content (AvgIpc) is 2.78. The summed E-state index contributed by atoms with van der Waals surface area (Å²) in [5.74, 6) is 0. The van der Waals surface area contributed by atoms with E-state index >= 15 is 0 Å². The lowest BCUT2D eigenvalue weighted by Crippen LogP contribution is -1.78. The summed E-state index contributed by atoms with van der Waals surface area (Å²) in [6.07, 6.45) is 2.56. The SMILES string of the molecule is C=N/C=N\c1sc(-c2ccc(CC)cc2)cc1C. The van der Waals surface area contributed by atoms with Crippen LogP contribution < -0.4 is 0 Å². The molecule has 0 aliphatic carbocycles. The topological polar surface area (TPSA) is 24.7 Å². The Labute approximate surface area is 112 Å². The molecular formula is C15H16N2S. The molecule has 3 heteroatoms. The molecule has 1 aromatic carbocycles. The zero-order valence-corrected chi connectivity index (χ0v) is 11.5. The highest BCUT2D eigenvalue weighted by Gasteiger charge is 2.06. The molecular weight excluding hydrogens is 240 g/mol. The Hall–Kier alpha value is -1.74. The molecule has 0 aliphatic heterocycles. The van der Waals surface area contributed by atoms with Gasteiger partial charge < -0.3 is 0 Å². The summed E-state index contributed by atoms with van der Waals surface area (Å²) in [7, 11) is 0. The molecule has 18 heavy (non-hydrogen) atoms. The zero-order valence-electron chi connectivity index (χ0n) is 10.7. The van der Waals surface area contributed by atoms with Crippen molar-refractivity contribution in [2.45, 2.75) is 20.3 Å². The number of hydrogen-bond acceptors (Lipinski definition) is 2. The standard InChI is InChI=1S/C15H16N2S/c1-4-12-5-7-13(8-6-12)14-9-11(2)15(18-14)17-10-16-3/h5-10H,3-4H2,1-2H3/b17-10-. The van der Waals surface area contributed by atoms with Crippen molar-refractivity contribution < 1.29 is 0 Å². The van der Waals surface area contributed by atoms with Crippen LogP contribution in [0.5, 0.6) is 0 Å². The summed E-state index contributed by atoms with van der Waals surface area (Å²) in [6, 6.07) is 10.9. The molecule has 0 radical (unpaired) electrons. The lowest BCUT2D eigenvalue weighted by Gasteiger charge is -1.99. The first-order valence-electron chi connectivity index (χ1n) is 5.92. The normalized spacial score (nSPS) is 11.0. The van der Waals surface area contributed by atoms with Crippen LogP contribution in [0.4, 0.5) is 5.00 Å². The number of thiophene rings is 1. The lowest BCUT2D eigenvalue weighted by atomic mass is 10.1. The van der Waals surface area contributed by atoms with E-state index in [0.717, 1.165) is 11.4 Å². The fourth-order valence-corrected chi connectivity index (χ4v) is 2.76. The van der Waals surface area contributed by atoms with E-state index in [1.165, 1.54) is 27.9 Å². The van der Waals surface area contributed by atoms with Crippen LogP contribution in [0.3, 0.4) is 0 Å². The summed E-state index contributed by atoms with van der Waals surface area (Å²) in [5, 5.41) is 0.997. The first-order chi connectivity index (χ1) is 8.74. The Kier molecular flexibility index (Phi) is 4.05. The van der Waals surface area contributed by atoms with Crippen molar-refractivity contribution >= 4 is 29.4 Å². The highest BCUT2D eigenvalue weighted by atomic mass is 32.1. The van der Waals surface area contributed by atoms with Crippen molar-refractivity contribution in [1.82, 2.24) is 0 Å². The second-order valence-corrected chi connectivity index (χ2v) is 5.11. The molecule has 0 fully saturated rings. The van der Waals surface area contributed by atoms with Crippen molar-refractivity contribution in [3.63, 3.8) is 0 Å². The van der Waals surface area contributed by atoms with Crippen LogP contribution in [-0.2, 0) is 6.42 Å². The lowest BCUT2D eigenvalue weighted by molar-refractivity contribution is 1.14. The van der Waals surface area contributed by atoms with Crippen LogP contribution in [0.1, 0.15) is 18.1 Å². The monoisotopic (exact) mass is 256 g/mol. The molecule has 0 amide bonds. The second kappa shape index (κ2) is 5.74. The first-order valence-corrected chi connectivity index (χ1v) is 6.74. The second-order valence-electron chi connectivity index (χ2n) is 4.08. The fraction of sp³-hybridized carbons (Fsp3) is 0.200. The van der Waals surface area contributed by atoms with Crippen molar-refractivity contribution in [3.05, 3.63) is 41.5 Å². The molecule has 0 N–H and O–H groups in total. The van der Waals surface area contributed by atoms with E-state index < -0.39 is 0 Å². The third kappa shape index (κ3) is 2.74. The maximum Gasteiger partial charge on any atom is 0.121 e. The van der Waals surface area contributed by atoms with Crippen LogP contribution in [0, 0.1) is 6.92 Å². The van der Waals surface area contributed by atoms with Crippen LogP contribution in [-0.4, -0.2) is 13.1 Å². The molecule has 2 rings (SSSR count). The van der Waals surface area contributed by atoms with E-state index in [1.807, 2.05) is 0 Å². The maximum atomic E-state index is 4.27. The van der Waals surface area contributed by atoms with Gasteiger partial charge in [0.1, 0.15) is 11.3 Å². The van der Waals surface area contributed by atoms with E-state index in [0.29, 0.717) is 0 Å². The molecule has 0 atom stereocenters. The van der Waals surface area contributed by atoms with Crippen LogP contribution in [0.2, 0.25) is 0 Å². The number of aryl methyl sites for hydroxylation is 2. The number of hydrogen-bond donors (Lipinski definition) is 0. The molecule has 0 unspecified atom stereocenters. The van der Waals surface area contributed by atoms with Gasteiger partial charge in [0.15, 0.2) is 0 Å². The van der Waals surface area contributed by atoms with Gasteiger partial charge in [-0.05, 0) is 42.8 Å². The Morgan fingerprint density at radius 2 is 2.00 bits per heavy atom. The molecule has 0 spiro atoms. The minimum Gasteiger partial charge on any atom is -0.253 e. The Morgan fingerprint density at radius 1 is 1.28 bits per heavy atom. The van der Waals surface area contributed by atoms with E-state index in [-0.39, 0.29) is 0 Å². The summed E-state index contributed by atoms with van der Waals surface area (Å²) < 4.78 is 0. The molecule has 0 bridgehead atoms. The van der Waals surface area contributed by atoms with Gasteiger partial charge in [-0.25, -0.2) is 4.99 Å². The molecule has 2 aromatic rings. The quantitative estimate of drug-likeness (QED) is 0.562. The summed E-state index contributed by atoms with van der Waals surface area (Å²) in [5.41, 5.74) is 3.78. The summed E-state index contributed by atoms with van der Waals surface area (Å²) in [4.78, 5) is 9.15. The number of benzene rings is 1. The van der Waals surface area contributed by atoms with Gasteiger partial charge in [0.2, 0.25) is 0 Å². The number of nitrogens with zero attached hydrogens (tertiary/aromatic N) is 2. The Morgan fingerprint density at radius 3 is 2.61 bits per heavy atom. The van der Waals surface area contributed by atoms with Crippen LogP contribution in [0.15, 0.2) is 40.3 Å². The molecule has 92 valence electrons. The van der Waals surface area contributed by atoms with Gasteiger partial charge in [-0.1, -0.05) is 31.2 Å². The van der Waals surface area contributed by atoms with Crippen molar-refractivity contribution in [2.75, 3.05) is 0 Å². The highest BCUT2D eigenvalue weighted by Crippen LogP contribution is 2.36. The Balaban J connectivity index is 2.32. The van der Waals surface area contributed by atoms with Gasteiger partial charge in [0.05, 0.1) is 0 Å². The van der Waals surface area contributed by atoms with E-state index in [1.54, 1.807) is 11.3 Å². The smallest absolute Gasteiger partial charge is 0.121 e. The van der Waals surface area contributed by atoms with Crippen LogP contribution in [0.25, 0.3) is 10.4 Å². The van der Waals surface area contributed by atoms with Crippen molar-refractivity contribution in [1.29, 1.82) is 0 Å². The average molecular weight is 256 g/mol. The molecule has 1 heterocycles. The van der Waals surface area contributed by atoms with Gasteiger partial charge >= 0.3 is 0 Å². The summed E-state index contributed by atoms with van der Waals surface area (Å²) >= 11 is 1.68. The molecule has 1 aromatic heterocycles.